The van der Waals surface area contributed by atoms with Crippen LogP contribution < -0.4 is 10.1 Å². The lowest BCUT2D eigenvalue weighted by atomic mass is 10.2. The van der Waals surface area contributed by atoms with Gasteiger partial charge in [0.15, 0.2) is 6.61 Å². The third-order valence-electron chi connectivity index (χ3n) is 2.07. The Kier molecular flexibility index (Phi) is 5.45. The fourth-order valence-corrected chi connectivity index (χ4v) is 1.44. The first kappa shape index (κ1) is 14.3. The largest absolute Gasteiger partial charge is 0.484 e. The van der Waals surface area contributed by atoms with Crippen molar-refractivity contribution < 1.29 is 19.4 Å². The van der Waals surface area contributed by atoms with Crippen molar-refractivity contribution in [2.45, 2.75) is 19.4 Å². The van der Waals surface area contributed by atoms with Gasteiger partial charge < -0.3 is 15.2 Å². The highest BCUT2D eigenvalue weighted by molar-refractivity contribution is 6.30. The smallest absolute Gasteiger partial charge is 0.305 e. The Morgan fingerprint density at radius 1 is 1.39 bits per heavy atom. The minimum Gasteiger partial charge on any atom is -0.484 e. The summed E-state index contributed by atoms with van der Waals surface area (Å²) in [5, 5.41) is 11.6. The molecule has 2 N–H and O–H groups in total. The summed E-state index contributed by atoms with van der Waals surface area (Å²) in [5.41, 5.74) is 0. The van der Waals surface area contributed by atoms with Crippen LogP contribution >= 0.6 is 11.6 Å². The number of hydrogen-bond donors (Lipinski definition) is 2. The molecule has 0 aliphatic rings. The first-order valence-electron chi connectivity index (χ1n) is 5.37. The van der Waals surface area contributed by atoms with Crippen LogP contribution in [0, 0.1) is 0 Å². The third-order valence-corrected chi connectivity index (χ3v) is 2.32. The molecule has 18 heavy (non-hydrogen) atoms. The molecule has 98 valence electrons. The maximum atomic E-state index is 11.4. The van der Waals surface area contributed by atoms with Crippen molar-refractivity contribution in [3.8, 4) is 5.75 Å². The summed E-state index contributed by atoms with van der Waals surface area (Å²) in [6, 6.07) is 6.18. The van der Waals surface area contributed by atoms with E-state index < -0.39 is 12.0 Å². The third kappa shape index (κ3) is 5.54. The lowest BCUT2D eigenvalue weighted by Crippen LogP contribution is -2.37. The summed E-state index contributed by atoms with van der Waals surface area (Å²) in [6.45, 7) is 1.46. The van der Waals surface area contributed by atoms with Gasteiger partial charge in [0.2, 0.25) is 0 Å². The second-order valence-corrected chi connectivity index (χ2v) is 4.25. The lowest BCUT2D eigenvalue weighted by molar-refractivity contribution is -0.137. The summed E-state index contributed by atoms with van der Waals surface area (Å²) in [6.07, 6.45) is -0.118. The molecular formula is C12H14ClNO4. The van der Waals surface area contributed by atoms with Gasteiger partial charge in [0.05, 0.1) is 6.42 Å². The van der Waals surface area contributed by atoms with Crippen LogP contribution in [0.15, 0.2) is 24.3 Å². The van der Waals surface area contributed by atoms with E-state index in [0.29, 0.717) is 10.8 Å². The van der Waals surface area contributed by atoms with Crippen molar-refractivity contribution in [1.82, 2.24) is 5.32 Å². The highest BCUT2D eigenvalue weighted by Gasteiger charge is 2.11. The SMILES string of the molecule is CC(CC(=O)O)NC(=O)COc1ccc(Cl)cc1. The Hall–Kier alpha value is -1.75. The first-order valence-corrected chi connectivity index (χ1v) is 5.74. The monoisotopic (exact) mass is 271 g/mol. The summed E-state index contributed by atoms with van der Waals surface area (Å²) in [5.74, 6) is -0.791. The van der Waals surface area contributed by atoms with E-state index in [1.807, 2.05) is 0 Å². The molecule has 1 rings (SSSR count). The quantitative estimate of drug-likeness (QED) is 0.826. The molecule has 0 saturated heterocycles. The van der Waals surface area contributed by atoms with Crippen molar-refractivity contribution in [3.63, 3.8) is 0 Å². The van der Waals surface area contributed by atoms with Gasteiger partial charge in [0.25, 0.3) is 5.91 Å². The van der Waals surface area contributed by atoms with Gasteiger partial charge in [0.1, 0.15) is 5.75 Å². The highest BCUT2D eigenvalue weighted by atomic mass is 35.5. The van der Waals surface area contributed by atoms with Gasteiger partial charge in [-0.3, -0.25) is 9.59 Å². The maximum Gasteiger partial charge on any atom is 0.305 e. The highest BCUT2D eigenvalue weighted by Crippen LogP contribution is 2.15. The van der Waals surface area contributed by atoms with E-state index in [-0.39, 0.29) is 18.9 Å². The molecule has 0 fully saturated rings. The molecule has 6 heteroatoms. The van der Waals surface area contributed by atoms with Crippen LogP contribution in [0.4, 0.5) is 0 Å². The van der Waals surface area contributed by atoms with E-state index in [2.05, 4.69) is 5.32 Å². The van der Waals surface area contributed by atoms with Crippen LogP contribution in [0.3, 0.4) is 0 Å². The van der Waals surface area contributed by atoms with Gasteiger partial charge in [-0.05, 0) is 31.2 Å². The molecule has 0 radical (unpaired) electrons. The molecular weight excluding hydrogens is 258 g/mol. The molecule has 1 aromatic carbocycles. The van der Waals surface area contributed by atoms with Crippen LogP contribution in [0.2, 0.25) is 5.02 Å². The second-order valence-electron chi connectivity index (χ2n) is 3.81. The summed E-state index contributed by atoms with van der Waals surface area (Å²) in [7, 11) is 0. The number of benzene rings is 1. The van der Waals surface area contributed by atoms with Crippen LogP contribution in [0.1, 0.15) is 13.3 Å². The zero-order valence-electron chi connectivity index (χ0n) is 9.85. The molecule has 1 unspecified atom stereocenters. The number of carboxylic acid groups (broad SMARTS) is 1. The minimum absolute atomic E-state index is 0.118. The maximum absolute atomic E-state index is 11.4. The van der Waals surface area contributed by atoms with Gasteiger partial charge in [-0.25, -0.2) is 0 Å². The van der Waals surface area contributed by atoms with Gasteiger partial charge in [-0.15, -0.1) is 0 Å². The average Bonchev–Trinajstić information content (AvgIpc) is 2.27. The molecule has 0 aliphatic heterocycles. The van der Waals surface area contributed by atoms with Crippen molar-refractivity contribution in [2.24, 2.45) is 0 Å². The molecule has 1 aromatic rings. The predicted octanol–water partition coefficient (Wildman–Crippen LogP) is 1.70. The molecule has 0 bridgehead atoms. The standard InChI is InChI=1S/C12H14ClNO4/c1-8(6-12(16)17)14-11(15)7-18-10-4-2-9(13)3-5-10/h2-5,8H,6-7H2,1H3,(H,14,15)(H,16,17). The Labute approximate surface area is 110 Å². The van der Waals surface area contributed by atoms with Gasteiger partial charge in [0, 0.05) is 11.1 Å². The number of carbonyl (C=O) groups excluding carboxylic acids is 1. The van der Waals surface area contributed by atoms with Crippen molar-refractivity contribution in [3.05, 3.63) is 29.3 Å². The molecule has 0 aromatic heterocycles. The van der Waals surface area contributed by atoms with Crippen LogP contribution in [0.5, 0.6) is 5.75 Å². The fourth-order valence-electron chi connectivity index (χ4n) is 1.31. The zero-order chi connectivity index (χ0) is 13.5. The number of aliphatic carboxylic acids is 1. The molecule has 0 spiro atoms. The number of carbonyl (C=O) groups is 2. The van der Waals surface area contributed by atoms with Gasteiger partial charge in [-0.2, -0.15) is 0 Å². The number of carboxylic acids is 1. The van der Waals surface area contributed by atoms with Crippen LogP contribution in [-0.4, -0.2) is 29.6 Å². The topological polar surface area (TPSA) is 75.6 Å². The molecule has 0 aliphatic carbocycles. The number of nitrogens with one attached hydrogen (secondary N) is 1. The van der Waals surface area contributed by atoms with Gasteiger partial charge >= 0.3 is 5.97 Å². The van der Waals surface area contributed by atoms with Crippen molar-refractivity contribution in [1.29, 1.82) is 0 Å². The Morgan fingerprint density at radius 3 is 2.56 bits per heavy atom. The Balaban J connectivity index is 2.32. The Morgan fingerprint density at radius 2 is 2.00 bits per heavy atom. The van der Waals surface area contributed by atoms with Crippen molar-refractivity contribution in [2.75, 3.05) is 6.61 Å². The average molecular weight is 272 g/mol. The predicted molar refractivity (Wildman–Crippen MR) is 66.8 cm³/mol. The van der Waals surface area contributed by atoms with Crippen LogP contribution in [0.25, 0.3) is 0 Å². The molecule has 5 nitrogen and oxygen atoms in total. The number of halogens is 1. The van der Waals surface area contributed by atoms with Crippen LogP contribution in [-0.2, 0) is 9.59 Å². The summed E-state index contributed by atoms with van der Waals surface area (Å²) in [4.78, 5) is 21.8. The first-order chi connectivity index (χ1) is 8.47. The second kappa shape index (κ2) is 6.86. The minimum atomic E-state index is -0.957. The number of amides is 1. The van der Waals surface area contributed by atoms with Crippen molar-refractivity contribution >= 4 is 23.5 Å². The van der Waals surface area contributed by atoms with E-state index in [4.69, 9.17) is 21.4 Å². The summed E-state index contributed by atoms with van der Waals surface area (Å²) < 4.78 is 5.21. The molecule has 1 amide bonds. The normalized spacial score (nSPS) is 11.7. The fraction of sp³-hybridized carbons (Fsp3) is 0.333. The number of rotatable bonds is 6. The van der Waals surface area contributed by atoms with Gasteiger partial charge in [-0.1, -0.05) is 11.6 Å². The lowest BCUT2D eigenvalue weighted by Gasteiger charge is -2.12. The van der Waals surface area contributed by atoms with E-state index >= 15 is 0 Å². The number of ether oxygens (including phenoxy) is 1. The van der Waals surface area contributed by atoms with E-state index in [1.54, 1.807) is 31.2 Å². The van der Waals surface area contributed by atoms with E-state index in [1.165, 1.54) is 0 Å². The van der Waals surface area contributed by atoms with E-state index in [9.17, 15) is 9.59 Å². The molecule has 0 heterocycles. The Bertz CT molecular complexity index is 419. The molecule has 1 atom stereocenters. The zero-order valence-corrected chi connectivity index (χ0v) is 10.6. The number of hydrogen-bond acceptors (Lipinski definition) is 3. The van der Waals surface area contributed by atoms with E-state index in [0.717, 1.165) is 0 Å². The molecule has 0 saturated carbocycles. The summed E-state index contributed by atoms with van der Waals surface area (Å²) >= 11 is 5.70.